The summed E-state index contributed by atoms with van der Waals surface area (Å²) in [6, 6.07) is 0. The zero-order valence-electron chi connectivity index (χ0n) is 7.13. The van der Waals surface area contributed by atoms with Gasteiger partial charge in [-0.3, -0.25) is 0 Å². The van der Waals surface area contributed by atoms with Gasteiger partial charge in [0, 0.05) is 41.0 Å². The fourth-order valence-electron chi connectivity index (χ4n) is 1.12. The van der Waals surface area contributed by atoms with Gasteiger partial charge in [0.15, 0.2) is 0 Å². The molecule has 10 heavy (non-hydrogen) atoms. The molecule has 4 atom stereocenters. The maximum Gasteiger partial charge on any atom is 0.0600 e. The van der Waals surface area contributed by atoms with Crippen LogP contribution in [0.25, 0.3) is 0 Å². The van der Waals surface area contributed by atoms with E-state index in [4.69, 9.17) is 9.47 Å². The summed E-state index contributed by atoms with van der Waals surface area (Å²) in [7, 11) is 4.56. The number of rotatable bonds is 0. The van der Waals surface area contributed by atoms with Crippen LogP contribution in [0.3, 0.4) is 0 Å². The molecule has 60 valence electrons. The van der Waals surface area contributed by atoms with Gasteiger partial charge in [-0.25, -0.2) is 0 Å². The van der Waals surface area contributed by atoms with Crippen LogP contribution < -0.4 is 0 Å². The molecule has 0 amide bonds. The SMILES string of the molecule is [SiH3]C1OC([SiH3])C([SiH3])OC1[SiH3]. The highest BCUT2D eigenvalue weighted by atomic mass is 28.2. The Bertz CT molecular complexity index is 95.8. The predicted molar refractivity (Wildman–Crippen MR) is 57.1 cm³/mol. The first kappa shape index (κ1) is 8.88. The molecule has 6 heteroatoms. The van der Waals surface area contributed by atoms with Crippen molar-refractivity contribution < 1.29 is 9.47 Å². The van der Waals surface area contributed by atoms with Gasteiger partial charge in [-0.15, -0.1) is 0 Å². The molecule has 1 saturated heterocycles. The van der Waals surface area contributed by atoms with Crippen molar-refractivity contribution in [2.24, 2.45) is 0 Å². The third kappa shape index (κ3) is 1.89. The quantitative estimate of drug-likeness (QED) is 0.371. The van der Waals surface area contributed by atoms with Gasteiger partial charge >= 0.3 is 0 Å². The van der Waals surface area contributed by atoms with Gasteiger partial charge in [-0.05, 0) is 0 Å². The first-order valence-corrected chi connectivity index (χ1v) is 8.54. The molecule has 0 radical (unpaired) electrons. The largest absolute Gasteiger partial charge is 0.379 e. The Morgan fingerprint density at radius 3 is 1.00 bits per heavy atom. The van der Waals surface area contributed by atoms with Gasteiger partial charge in [-0.2, -0.15) is 0 Å². The summed E-state index contributed by atoms with van der Waals surface area (Å²) < 4.78 is 11.6. The summed E-state index contributed by atoms with van der Waals surface area (Å²) in [5.41, 5.74) is 2.00. The van der Waals surface area contributed by atoms with Crippen LogP contribution in [0.2, 0.25) is 0 Å². The van der Waals surface area contributed by atoms with Gasteiger partial charge in [0.1, 0.15) is 0 Å². The molecule has 2 nitrogen and oxygen atoms in total. The number of hydrogen-bond donors (Lipinski definition) is 0. The van der Waals surface area contributed by atoms with E-state index in [1.807, 2.05) is 0 Å². The minimum atomic E-state index is 0.499. The summed E-state index contributed by atoms with van der Waals surface area (Å²) >= 11 is 0. The van der Waals surface area contributed by atoms with Crippen LogP contribution in [0.5, 0.6) is 0 Å². The van der Waals surface area contributed by atoms with Gasteiger partial charge in [0.2, 0.25) is 0 Å². The Morgan fingerprint density at radius 2 is 0.800 bits per heavy atom. The third-order valence-electron chi connectivity index (χ3n) is 2.18. The number of hydrogen-bond acceptors (Lipinski definition) is 2. The second kappa shape index (κ2) is 3.46. The highest BCUT2D eigenvalue weighted by Gasteiger charge is 2.27. The maximum atomic E-state index is 5.78. The molecule has 1 rings (SSSR count). The van der Waals surface area contributed by atoms with E-state index in [1.54, 1.807) is 0 Å². The smallest absolute Gasteiger partial charge is 0.0600 e. The van der Waals surface area contributed by atoms with E-state index in [0.29, 0.717) is 22.9 Å². The van der Waals surface area contributed by atoms with Gasteiger partial charge < -0.3 is 9.47 Å². The molecule has 1 heterocycles. The van der Waals surface area contributed by atoms with Crippen molar-refractivity contribution >= 4 is 41.0 Å². The lowest BCUT2D eigenvalue weighted by atomic mass is 10.6. The van der Waals surface area contributed by atoms with Crippen LogP contribution in [0.1, 0.15) is 0 Å². The van der Waals surface area contributed by atoms with Crippen molar-refractivity contribution in [1.82, 2.24) is 0 Å². The van der Waals surface area contributed by atoms with Gasteiger partial charge in [0.05, 0.1) is 22.9 Å². The summed E-state index contributed by atoms with van der Waals surface area (Å²) in [5.74, 6) is 0. The molecule has 1 aliphatic rings. The molecule has 0 N–H and O–H groups in total. The third-order valence-corrected chi connectivity index (χ3v) is 9.69. The Balaban J connectivity index is 2.46. The fourth-order valence-corrected chi connectivity index (χ4v) is 4.55. The Morgan fingerprint density at radius 1 is 0.600 bits per heavy atom. The Hall–Kier alpha value is 0.788. The van der Waals surface area contributed by atoms with Crippen LogP contribution in [0.15, 0.2) is 0 Å². The summed E-state index contributed by atoms with van der Waals surface area (Å²) in [5, 5.41) is 0. The van der Waals surface area contributed by atoms with E-state index < -0.39 is 0 Å². The van der Waals surface area contributed by atoms with E-state index in [2.05, 4.69) is 0 Å². The summed E-state index contributed by atoms with van der Waals surface area (Å²) in [6.07, 6.45) is 0. The average molecular weight is 209 g/mol. The van der Waals surface area contributed by atoms with Crippen LogP contribution in [0.4, 0.5) is 0 Å². The fraction of sp³-hybridized carbons (Fsp3) is 1.00. The van der Waals surface area contributed by atoms with Crippen molar-refractivity contribution in [2.45, 2.75) is 22.9 Å². The van der Waals surface area contributed by atoms with Crippen molar-refractivity contribution in [3.05, 3.63) is 0 Å². The molecule has 1 fully saturated rings. The van der Waals surface area contributed by atoms with E-state index in [0.717, 1.165) is 41.0 Å². The average Bonchev–Trinajstić information content (AvgIpc) is 1.84. The Labute approximate surface area is 73.7 Å². The van der Waals surface area contributed by atoms with E-state index in [-0.39, 0.29) is 0 Å². The zero-order chi connectivity index (χ0) is 7.72. The van der Waals surface area contributed by atoms with Crippen LogP contribution in [0, 0.1) is 0 Å². The van der Waals surface area contributed by atoms with Crippen LogP contribution >= 0.6 is 0 Å². The summed E-state index contributed by atoms with van der Waals surface area (Å²) in [6.45, 7) is 0. The molecule has 0 aromatic heterocycles. The normalized spacial score (nSPS) is 50.4. The molecule has 0 saturated carbocycles. The molecule has 0 aliphatic carbocycles. The second-order valence-electron chi connectivity index (χ2n) is 3.09. The molecule has 4 unspecified atom stereocenters. The molecule has 0 spiro atoms. The monoisotopic (exact) mass is 208 g/mol. The first-order chi connectivity index (χ1) is 4.61. The lowest BCUT2D eigenvalue weighted by molar-refractivity contribution is -0.110. The molecule has 0 bridgehead atoms. The molecule has 1 aliphatic heterocycles. The standard InChI is InChI=1S/C4H16O2Si4/c7-1-2(8)6-4(10)3(9)5-1/h1-4H,7-10H3. The lowest BCUT2D eigenvalue weighted by Crippen LogP contribution is -2.50. The maximum absolute atomic E-state index is 5.78. The minimum absolute atomic E-state index is 0.499. The lowest BCUT2D eigenvalue weighted by Gasteiger charge is -2.36. The number of ether oxygens (including phenoxy) is 2. The topological polar surface area (TPSA) is 18.5 Å². The molecular weight excluding hydrogens is 192 g/mol. The van der Waals surface area contributed by atoms with Crippen molar-refractivity contribution in [2.75, 3.05) is 0 Å². The zero-order valence-corrected chi connectivity index (χ0v) is 15.1. The van der Waals surface area contributed by atoms with E-state index >= 15 is 0 Å². The second-order valence-corrected chi connectivity index (χ2v) is 7.64. The minimum Gasteiger partial charge on any atom is -0.379 e. The molecule has 0 aromatic rings. The molecular formula is C4H16O2Si4. The van der Waals surface area contributed by atoms with E-state index in [1.165, 1.54) is 0 Å². The van der Waals surface area contributed by atoms with Crippen LogP contribution in [-0.2, 0) is 9.47 Å². The van der Waals surface area contributed by atoms with Gasteiger partial charge in [-0.1, -0.05) is 0 Å². The van der Waals surface area contributed by atoms with E-state index in [9.17, 15) is 0 Å². The molecule has 0 aromatic carbocycles. The van der Waals surface area contributed by atoms with Gasteiger partial charge in [0.25, 0.3) is 0 Å². The highest BCUT2D eigenvalue weighted by molar-refractivity contribution is 6.23. The Kier molecular flexibility index (Phi) is 3.07. The predicted octanol–water partition coefficient (Wildman–Crippen LogP) is -5.20. The first-order valence-electron chi connectivity index (χ1n) is 3.92. The van der Waals surface area contributed by atoms with Crippen LogP contribution in [-0.4, -0.2) is 63.9 Å². The van der Waals surface area contributed by atoms with Crippen molar-refractivity contribution in [3.63, 3.8) is 0 Å². The summed E-state index contributed by atoms with van der Waals surface area (Å²) in [4.78, 5) is 0. The highest BCUT2D eigenvalue weighted by Crippen LogP contribution is 2.12. The van der Waals surface area contributed by atoms with Crippen molar-refractivity contribution in [3.8, 4) is 0 Å². The van der Waals surface area contributed by atoms with Crippen molar-refractivity contribution in [1.29, 1.82) is 0 Å².